The van der Waals surface area contributed by atoms with E-state index in [0.29, 0.717) is 12.2 Å². The van der Waals surface area contributed by atoms with Crippen molar-refractivity contribution < 1.29 is 9.53 Å². The van der Waals surface area contributed by atoms with Crippen molar-refractivity contribution in [3.05, 3.63) is 11.6 Å². The zero-order chi connectivity index (χ0) is 9.56. The van der Waals surface area contributed by atoms with Crippen molar-refractivity contribution in [1.29, 1.82) is 0 Å². The largest absolute Gasteiger partial charge is 0.461 e. The second kappa shape index (κ2) is 10.5. The van der Waals surface area contributed by atoms with Crippen LogP contribution < -0.4 is 6.15 Å². The first-order valence-corrected chi connectivity index (χ1v) is 4.02. The van der Waals surface area contributed by atoms with E-state index in [0.717, 1.165) is 6.54 Å². The van der Waals surface area contributed by atoms with Gasteiger partial charge >= 0.3 is 5.97 Å². The molecule has 0 aromatic heterocycles. The summed E-state index contributed by atoms with van der Waals surface area (Å²) in [4.78, 5) is 13.0. The third-order valence-electron chi connectivity index (χ3n) is 1.53. The predicted molar refractivity (Wildman–Crippen MR) is 61.2 cm³/mol. The van der Waals surface area contributed by atoms with Crippen LogP contribution in [0.1, 0.15) is 13.8 Å². The lowest BCUT2D eigenvalue weighted by molar-refractivity contribution is -0.139. The van der Waals surface area contributed by atoms with Gasteiger partial charge in [0.2, 0.25) is 0 Å². The Balaban J connectivity index is -0.000000605. The van der Waals surface area contributed by atoms with E-state index in [9.17, 15) is 4.79 Å². The SMILES string of the molecule is CC=C(C)C(=O)OCCN(C)C.Cl.N. The van der Waals surface area contributed by atoms with E-state index in [1.165, 1.54) is 0 Å². The fourth-order valence-electron chi connectivity index (χ4n) is 0.553. The van der Waals surface area contributed by atoms with Crippen LogP contribution in [0.25, 0.3) is 0 Å². The fourth-order valence-corrected chi connectivity index (χ4v) is 0.553. The van der Waals surface area contributed by atoms with Gasteiger partial charge in [0.05, 0.1) is 0 Å². The van der Waals surface area contributed by atoms with E-state index in [-0.39, 0.29) is 24.5 Å². The zero-order valence-corrected chi connectivity index (χ0v) is 10.2. The van der Waals surface area contributed by atoms with Crippen LogP contribution in [-0.2, 0) is 9.53 Å². The maximum Gasteiger partial charge on any atom is 0.333 e. The van der Waals surface area contributed by atoms with Gasteiger partial charge in [0.15, 0.2) is 0 Å². The van der Waals surface area contributed by atoms with Crippen LogP contribution in [0.3, 0.4) is 0 Å². The monoisotopic (exact) mass is 224 g/mol. The highest BCUT2D eigenvalue weighted by molar-refractivity contribution is 5.87. The van der Waals surface area contributed by atoms with Crippen LogP contribution >= 0.6 is 12.4 Å². The van der Waals surface area contributed by atoms with Crippen LogP contribution in [0.5, 0.6) is 0 Å². The summed E-state index contributed by atoms with van der Waals surface area (Å²) in [6, 6.07) is 0. The summed E-state index contributed by atoms with van der Waals surface area (Å²) in [5.74, 6) is -0.223. The lowest BCUT2D eigenvalue weighted by atomic mass is 10.3. The number of allylic oxidation sites excluding steroid dienone is 1. The molecular weight excluding hydrogens is 204 g/mol. The molecule has 86 valence electrons. The third-order valence-corrected chi connectivity index (χ3v) is 1.53. The van der Waals surface area contributed by atoms with Gasteiger partial charge in [-0.15, -0.1) is 12.4 Å². The van der Waals surface area contributed by atoms with Gasteiger partial charge in [-0.25, -0.2) is 4.79 Å². The minimum absolute atomic E-state index is 0. The van der Waals surface area contributed by atoms with Crippen LogP contribution in [0, 0.1) is 0 Å². The topological polar surface area (TPSA) is 64.5 Å². The van der Waals surface area contributed by atoms with Crippen molar-refractivity contribution in [3.8, 4) is 0 Å². The quantitative estimate of drug-likeness (QED) is 0.583. The number of carbonyl (C=O) groups excluding carboxylic acids is 1. The first kappa shape index (κ1) is 19.1. The summed E-state index contributed by atoms with van der Waals surface area (Å²) in [6.07, 6.45) is 1.75. The van der Waals surface area contributed by atoms with Crippen LogP contribution in [0.2, 0.25) is 0 Å². The van der Waals surface area contributed by atoms with Crippen molar-refractivity contribution in [2.24, 2.45) is 0 Å². The lowest BCUT2D eigenvalue weighted by Crippen LogP contribution is -2.20. The van der Waals surface area contributed by atoms with E-state index in [2.05, 4.69) is 0 Å². The van der Waals surface area contributed by atoms with Crippen LogP contribution in [0.4, 0.5) is 0 Å². The Morgan fingerprint density at radius 3 is 2.29 bits per heavy atom. The average Bonchev–Trinajstić information content (AvgIpc) is 2.02. The molecule has 0 aliphatic rings. The summed E-state index contributed by atoms with van der Waals surface area (Å²) in [6.45, 7) is 4.79. The van der Waals surface area contributed by atoms with E-state index in [1.807, 2.05) is 25.9 Å². The molecule has 0 unspecified atom stereocenters. The highest BCUT2D eigenvalue weighted by Gasteiger charge is 2.03. The maximum absolute atomic E-state index is 11.0. The lowest BCUT2D eigenvalue weighted by Gasteiger charge is -2.09. The number of ether oxygens (including phenoxy) is 1. The third kappa shape index (κ3) is 9.51. The molecule has 0 rings (SSSR count). The highest BCUT2D eigenvalue weighted by atomic mass is 35.5. The Bertz CT molecular complexity index is 182. The summed E-state index contributed by atoms with van der Waals surface area (Å²) >= 11 is 0. The van der Waals surface area contributed by atoms with E-state index >= 15 is 0 Å². The molecule has 0 aliphatic carbocycles. The average molecular weight is 225 g/mol. The zero-order valence-electron chi connectivity index (χ0n) is 9.37. The fraction of sp³-hybridized carbons (Fsp3) is 0.667. The summed E-state index contributed by atoms with van der Waals surface area (Å²) in [5.41, 5.74) is 0.661. The minimum Gasteiger partial charge on any atom is -0.461 e. The molecular formula is C9H21ClN2O2. The number of nitrogens with zero attached hydrogens (tertiary/aromatic N) is 1. The molecule has 0 aliphatic heterocycles. The van der Waals surface area contributed by atoms with Crippen molar-refractivity contribution in [3.63, 3.8) is 0 Å². The Hall–Kier alpha value is -0.580. The number of halogens is 1. The van der Waals surface area contributed by atoms with Gasteiger partial charge in [-0.1, -0.05) is 6.08 Å². The standard InChI is InChI=1S/C9H17NO2.ClH.H3N/c1-5-8(2)9(11)12-7-6-10(3)4;;/h5H,6-7H2,1-4H3;1H;1H3. The number of hydrogen-bond donors (Lipinski definition) is 1. The van der Waals surface area contributed by atoms with Crippen molar-refractivity contribution in [2.75, 3.05) is 27.2 Å². The van der Waals surface area contributed by atoms with Crippen LogP contribution in [-0.4, -0.2) is 38.1 Å². The highest BCUT2D eigenvalue weighted by Crippen LogP contribution is 1.95. The van der Waals surface area contributed by atoms with Gasteiger partial charge in [0.25, 0.3) is 0 Å². The smallest absolute Gasteiger partial charge is 0.333 e. The molecule has 0 amide bonds. The number of esters is 1. The number of hydrogen-bond acceptors (Lipinski definition) is 4. The summed E-state index contributed by atoms with van der Waals surface area (Å²) in [7, 11) is 3.88. The molecule has 0 aromatic carbocycles. The molecule has 0 spiro atoms. The molecule has 0 saturated carbocycles. The molecule has 4 nitrogen and oxygen atoms in total. The molecule has 14 heavy (non-hydrogen) atoms. The van der Waals surface area contributed by atoms with Gasteiger partial charge in [-0.05, 0) is 27.9 Å². The predicted octanol–water partition coefficient (Wildman–Crippen LogP) is 1.64. The number of carbonyl (C=O) groups is 1. The van der Waals surface area contributed by atoms with E-state index < -0.39 is 0 Å². The first-order valence-electron chi connectivity index (χ1n) is 4.02. The summed E-state index contributed by atoms with van der Waals surface area (Å²) in [5, 5.41) is 0. The van der Waals surface area contributed by atoms with Gasteiger partial charge in [0.1, 0.15) is 6.61 Å². The Morgan fingerprint density at radius 1 is 1.43 bits per heavy atom. The number of likely N-dealkylation sites (N-methyl/N-ethyl adjacent to an activating group) is 1. The van der Waals surface area contributed by atoms with Gasteiger partial charge < -0.3 is 15.8 Å². The van der Waals surface area contributed by atoms with Gasteiger partial charge in [-0.3, -0.25) is 0 Å². The van der Waals surface area contributed by atoms with E-state index in [1.54, 1.807) is 13.0 Å². The molecule has 0 aromatic rings. The minimum atomic E-state index is -0.223. The van der Waals surface area contributed by atoms with Crippen molar-refractivity contribution in [2.45, 2.75) is 13.8 Å². The van der Waals surface area contributed by atoms with Crippen molar-refractivity contribution >= 4 is 18.4 Å². The Kier molecular flexibility index (Phi) is 14.3. The Labute approximate surface area is 92.3 Å². The van der Waals surface area contributed by atoms with Crippen molar-refractivity contribution in [1.82, 2.24) is 11.1 Å². The molecule has 0 atom stereocenters. The molecule has 0 heterocycles. The number of rotatable bonds is 4. The normalized spacial score (nSPS) is 10.2. The molecule has 0 fully saturated rings. The molecule has 5 heteroatoms. The first-order chi connectivity index (χ1) is 5.57. The maximum atomic E-state index is 11.0. The second-order valence-corrected chi connectivity index (χ2v) is 2.91. The summed E-state index contributed by atoms with van der Waals surface area (Å²) < 4.78 is 4.96. The molecule has 0 bridgehead atoms. The van der Waals surface area contributed by atoms with Crippen LogP contribution in [0.15, 0.2) is 11.6 Å². The molecule has 0 radical (unpaired) electrons. The molecule has 3 N–H and O–H groups in total. The van der Waals surface area contributed by atoms with E-state index in [4.69, 9.17) is 4.74 Å². The van der Waals surface area contributed by atoms with Gasteiger partial charge in [0, 0.05) is 12.1 Å². The second-order valence-electron chi connectivity index (χ2n) is 2.91. The Morgan fingerprint density at radius 2 is 1.93 bits per heavy atom. The van der Waals surface area contributed by atoms with Gasteiger partial charge in [-0.2, -0.15) is 0 Å². The molecule has 0 saturated heterocycles.